The third kappa shape index (κ3) is 4.54. The van der Waals surface area contributed by atoms with Crippen LogP contribution in [0.2, 0.25) is 0 Å². The van der Waals surface area contributed by atoms with E-state index in [0.717, 1.165) is 38.8 Å². The molecule has 0 heterocycles. The standard InChI is InChI=1S/C14H29NO2S/c1-5-15-10-9-14(2,3)12-7-6-8-13(11-12)18(4,16)17/h12-13,15H,5-11H2,1-4H3. The van der Waals surface area contributed by atoms with Gasteiger partial charge in [0.25, 0.3) is 0 Å². The molecular weight excluding hydrogens is 246 g/mol. The van der Waals surface area contributed by atoms with Crippen molar-refractivity contribution in [2.45, 2.75) is 58.1 Å². The Morgan fingerprint density at radius 1 is 1.28 bits per heavy atom. The maximum Gasteiger partial charge on any atom is 0.150 e. The van der Waals surface area contributed by atoms with Gasteiger partial charge in [0.2, 0.25) is 0 Å². The van der Waals surface area contributed by atoms with Crippen LogP contribution in [0.25, 0.3) is 0 Å². The van der Waals surface area contributed by atoms with Gasteiger partial charge in [-0.15, -0.1) is 0 Å². The first-order chi connectivity index (χ1) is 8.27. The minimum Gasteiger partial charge on any atom is -0.317 e. The van der Waals surface area contributed by atoms with Crippen molar-refractivity contribution >= 4 is 9.84 Å². The molecule has 0 aromatic carbocycles. The summed E-state index contributed by atoms with van der Waals surface area (Å²) < 4.78 is 23.4. The molecule has 108 valence electrons. The molecule has 0 aromatic heterocycles. The number of rotatable bonds is 6. The number of nitrogens with one attached hydrogen (secondary N) is 1. The van der Waals surface area contributed by atoms with Crippen molar-refractivity contribution in [2.24, 2.45) is 11.3 Å². The second-order valence-electron chi connectivity index (χ2n) is 6.41. The van der Waals surface area contributed by atoms with Gasteiger partial charge in [-0.3, -0.25) is 0 Å². The molecule has 0 radical (unpaired) electrons. The molecule has 4 heteroatoms. The average Bonchev–Trinajstić information content (AvgIpc) is 2.28. The summed E-state index contributed by atoms with van der Waals surface area (Å²) >= 11 is 0. The molecule has 3 nitrogen and oxygen atoms in total. The lowest BCUT2D eigenvalue weighted by atomic mass is 9.69. The lowest BCUT2D eigenvalue weighted by Gasteiger charge is -2.39. The maximum absolute atomic E-state index is 11.7. The minimum absolute atomic E-state index is 0.102. The first-order valence-electron chi connectivity index (χ1n) is 7.17. The van der Waals surface area contributed by atoms with E-state index in [-0.39, 0.29) is 10.7 Å². The molecule has 1 aliphatic rings. The van der Waals surface area contributed by atoms with Crippen LogP contribution in [0.1, 0.15) is 52.9 Å². The van der Waals surface area contributed by atoms with Gasteiger partial charge in [-0.05, 0) is 50.1 Å². The third-order valence-corrected chi connectivity index (χ3v) is 6.17. The Kier molecular flexibility index (Phi) is 5.66. The second-order valence-corrected chi connectivity index (χ2v) is 8.73. The molecule has 1 saturated carbocycles. The van der Waals surface area contributed by atoms with Gasteiger partial charge in [0.1, 0.15) is 9.84 Å². The summed E-state index contributed by atoms with van der Waals surface area (Å²) in [6.45, 7) is 8.74. The van der Waals surface area contributed by atoms with Crippen LogP contribution in [0.3, 0.4) is 0 Å². The summed E-state index contributed by atoms with van der Waals surface area (Å²) in [6, 6.07) is 0. The highest BCUT2D eigenvalue weighted by Gasteiger charge is 2.36. The Labute approximate surface area is 113 Å². The van der Waals surface area contributed by atoms with Crippen molar-refractivity contribution in [3.63, 3.8) is 0 Å². The quantitative estimate of drug-likeness (QED) is 0.758. The predicted molar refractivity (Wildman–Crippen MR) is 77.5 cm³/mol. The molecular formula is C14H29NO2S. The molecule has 0 spiro atoms. The summed E-state index contributed by atoms with van der Waals surface area (Å²) in [7, 11) is -2.86. The van der Waals surface area contributed by atoms with E-state index in [1.54, 1.807) is 0 Å². The van der Waals surface area contributed by atoms with E-state index in [1.807, 2.05) is 0 Å². The van der Waals surface area contributed by atoms with Gasteiger partial charge < -0.3 is 5.32 Å². The van der Waals surface area contributed by atoms with E-state index in [1.165, 1.54) is 12.7 Å². The van der Waals surface area contributed by atoms with Crippen LogP contribution >= 0.6 is 0 Å². The highest BCUT2D eigenvalue weighted by Crippen LogP contribution is 2.41. The SMILES string of the molecule is CCNCCC(C)(C)C1CCCC(S(C)(=O)=O)C1. The van der Waals surface area contributed by atoms with E-state index in [2.05, 4.69) is 26.1 Å². The Bertz CT molecular complexity index is 349. The fourth-order valence-corrected chi connectivity index (χ4v) is 4.21. The zero-order valence-corrected chi connectivity index (χ0v) is 13.1. The van der Waals surface area contributed by atoms with Gasteiger partial charge in [0.05, 0.1) is 5.25 Å². The van der Waals surface area contributed by atoms with Crippen molar-refractivity contribution in [1.82, 2.24) is 5.32 Å². The normalized spacial score (nSPS) is 26.2. The molecule has 0 saturated heterocycles. The Balaban J connectivity index is 2.59. The van der Waals surface area contributed by atoms with Crippen molar-refractivity contribution < 1.29 is 8.42 Å². The van der Waals surface area contributed by atoms with Crippen LogP contribution in [-0.2, 0) is 9.84 Å². The van der Waals surface area contributed by atoms with Crippen LogP contribution in [0.15, 0.2) is 0 Å². The Morgan fingerprint density at radius 3 is 2.50 bits per heavy atom. The van der Waals surface area contributed by atoms with Gasteiger partial charge in [-0.1, -0.05) is 27.2 Å². The summed E-state index contributed by atoms with van der Waals surface area (Å²) in [5, 5.41) is 3.26. The van der Waals surface area contributed by atoms with Gasteiger partial charge in [0, 0.05) is 6.26 Å². The van der Waals surface area contributed by atoms with Gasteiger partial charge in [0.15, 0.2) is 0 Å². The molecule has 18 heavy (non-hydrogen) atoms. The first kappa shape index (κ1) is 16.0. The average molecular weight is 275 g/mol. The second kappa shape index (κ2) is 6.38. The molecule has 0 bridgehead atoms. The Hall–Kier alpha value is -0.0900. The van der Waals surface area contributed by atoms with E-state index in [4.69, 9.17) is 0 Å². The largest absolute Gasteiger partial charge is 0.317 e. The Morgan fingerprint density at radius 2 is 1.94 bits per heavy atom. The van der Waals surface area contributed by atoms with E-state index >= 15 is 0 Å². The molecule has 0 aromatic rings. The maximum atomic E-state index is 11.7. The summed E-state index contributed by atoms with van der Waals surface area (Å²) in [5.74, 6) is 0.546. The van der Waals surface area contributed by atoms with Crippen LogP contribution in [0.4, 0.5) is 0 Å². The zero-order chi connectivity index (χ0) is 13.8. The summed E-state index contributed by atoms with van der Waals surface area (Å²) in [5.41, 5.74) is 0.242. The molecule has 2 atom stereocenters. The monoisotopic (exact) mass is 275 g/mol. The van der Waals surface area contributed by atoms with Crippen LogP contribution in [-0.4, -0.2) is 33.0 Å². The smallest absolute Gasteiger partial charge is 0.150 e. The van der Waals surface area contributed by atoms with E-state index in [9.17, 15) is 8.42 Å². The first-order valence-corrected chi connectivity index (χ1v) is 9.12. The van der Waals surface area contributed by atoms with Crippen LogP contribution in [0, 0.1) is 11.3 Å². The lowest BCUT2D eigenvalue weighted by molar-refractivity contribution is 0.147. The molecule has 1 fully saturated rings. The summed E-state index contributed by atoms with van der Waals surface area (Å²) in [6.07, 6.45) is 6.49. The van der Waals surface area contributed by atoms with E-state index in [0.29, 0.717) is 5.92 Å². The van der Waals surface area contributed by atoms with Crippen molar-refractivity contribution in [1.29, 1.82) is 0 Å². The summed E-state index contributed by atoms with van der Waals surface area (Å²) in [4.78, 5) is 0. The molecule has 2 unspecified atom stereocenters. The fraction of sp³-hybridized carbons (Fsp3) is 1.00. The molecule has 1 aliphatic carbocycles. The number of sulfone groups is 1. The number of hydrogen-bond donors (Lipinski definition) is 1. The fourth-order valence-electron chi connectivity index (χ4n) is 3.04. The van der Waals surface area contributed by atoms with Crippen molar-refractivity contribution in [3.05, 3.63) is 0 Å². The highest BCUT2D eigenvalue weighted by molar-refractivity contribution is 7.91. The van der Waals surface area contributed by atoms with Gasteiger partial charge in [-0.25, -0.2) is 8.42 Å². The third-order valence-electron chi connectivity index (χ3n) is 4.53. The molecule has 1 N–H and O–H groups in total. The lowest BCUT2D eigenvalue weighted by Crippen LogP contribution is -2.36. The molecule has 1 rings (SSSR count). The van der Waals surface area contributed by atoms with Crippen molar-refractivity contribution in [2.75, 3.05) is 19.3 Å². The topological polar surface area (TPSA) is 46.2 Å². The highest BCUT2D eigenvalue weighted by atomic mass is 32.2. The number of hydrogen-bond acceptors (Lipinski definition) is 3. The zero-order valence-electron chi connectivity index (χ0n) is 12.3. The van der Waals surface area contributed by atoms with E-state index < -0.39 is 9.84 Å². The minimum atomic E-state index is -2.86. The van der Waals surface area contributed by atoms with Crippen LogP contribution < -0.4 is 5.32 Å². The van der Waals surface area contributed by atoms with Gasteiger partial charge in [-0.2, -0.15) is 0 Å². The van der Waals surface area contributed by atoms with Crippen molar-refractivity contribution in [3.8, 4) is 0 Å². The molecule has 0 aliphatic heterocycles. The van der Waals surface area contributed by atoms with Gasteiger partial charge >= 0.3 is 0 Å². The van der Waals surface area contributed by atoms with Crippen LogP contribution in [0.5, 0.6) is 0 Å². The predicted octanol–water partition coefficient (Wildman–Crippen LogP) is 2.62. The molecule has 0 amide bonds.